The van der Waals surface area contributed by atoms with E-state index in [1.54, 1.807) is 60.1 Å². The number of amides is 4. The van der Waals surface area contributed by atoms with Crippen molar-refractivity contribution >= 4 is 44.6 Å². The van der Waals surface area contributed by atoms with Crippen LogP contribution >= 0.6 is 0 Å². The molecule has 3 aliphatic rings. The standard InChI is InChI=1S/C38H47N7O8S/c1-8-23-19-38(23,34(48)44-54(50,51)25-13-14-25)43-31(46)29-18-24(21-45(29)33(47)30(36(2,3)4)42-35(49)53-37(5,6)7)52-32-26-12-10-9-11-22(26)17-27(41-32)28-20-39-15-16-40-28/h8-12,15-17,20,23-25,29-30H,1,13-14,18-19,21H2,2-7H3,(H,42,49)(H,43,46)(H,44,48)/t23-,24-,29+,30-,38-/m1/s1. The largest absolute Gasteiger partial charge is 0.472 e. The molecule has 3 heterocycles. The third kappa shape index (κ3) is 8.32. The highest BCUT2D eigenvalue weighted by Crippen LogP contribution is 2.45. The van der Waals surface area contributed by atoms with E-state index in [2.05, 4.69) is 31.9 Å². The van der Waals surface area contributed by atoms with Crippen molar-refractivity contribution < 1.29 is 37.1 Å². The van der Waals surface area contributed by atoms with Crippen LogP contribution in [0.25, 0.3) is 22.2 Å². The summed E-state index contributed by atoms with van der Waals surface area (Å²) < 4.78 is 39.6. The lowest BCUT2D eigenvalue weighted by Crippen LogP contribution is -2.60. The van der Waals surface area contributed by atoms with Gasteiger partial charge in [0.1, 0.15) is 35.0 Å². The Morgan fingerprint density at radius 3 is 2.39 bits per heavy atom. The van der Waals surface area contributed by atoms with Gasteiger partial charge in [-0.25, -0.2) is 18.2 Å². The average molecular weight is 762 g/mol. The van der Waals surface area contributed by atoms with E-state index in [1.165, 1.54) is 11.0 Å². The van der Waals surface area contributed by atoms with E-state index in [0.29, 0.717) is 29.6 Å². The fourth-order valence-corrected chi connectivity index (χ4v) is 7.97. The Morgan fingerprint density at radius 2 is 1.78 bits per heavy atom. The highest BCUT2D eigenvalue weighted by atomic mass is 32.2. The van der Waals surface area contributed by atoms with E-state index in [4.69, 9.17) is 14.5 Å². The highest BCUT2D eigenvalue weighted by Gasteiger charge is 2.62. The lowest BCUT2D eigenvalue weighted by molar-refractivity contribution is -0.143. The number of nitrogens with one attached hydrogen (secondary N) is 3. The molecule has 1 saturated heterocycles. The molecule has 54 heavy (non-hydrogen) atoms. The first-order valence-corrected chi connectivity index (χ1v) is 19.5. The van der Waals surface area contributed by atoms with Crippen molar-refractivity contribution in [2.75, 3.05) is 6.54 Å². The summed E-state index contributed by atoms with van der Waals surface area (Å²) in [6.45, 7) is 14.1. The molecule has 2 saturated carbocycles. The number of nitrogens with zero attached hydrogens (tertiary/aromatic N) is 4. The summed E-state index contributed by atoms with van der Waals surface area (Å²) in [5.41, 5.74) is -2.23. The molecule has 2 aromatic heterocycles. The maximum atomic E-state index is 14.6. The van der Waals surface area contributed by atoms with Gasteiger partial charge in [0.2, 0.25) is 27.7 Å². The number of sulfonamides is 1. The number of rotatable bonds is 11. The molecule has 16 heteroatoms. The van der Waals surface area contributed by atoms with Crippen LogP contribution in [0, 0.1) is 11.3 Å². The maximum absolute atomic E-state index is 14.6. The molecule has 288 valence electrons. The minimum atomic E-state index is -3.91. The minimum Gasteiger partial charge on any atom is -0.472 e. The second-order valence-corrected chi connectivity index (χ2v) is 18.2. The quantitative estimate of drug-likeness (QED) is 0.241. The second-order valence-electron chi connectivity index (χ2n) is 16.2. The molecule has 15 nitrogen and oxygen atoms in total. The lowest BCUT2D eigenvalue weighted by Gasteiger charge is -2.36. The zero-order chi connectivity index (χ0) is 39.2. The third-order valence-electron chi connectivity index (χ3n) is 9.68. The number of fused-ring (bicyclic) bond motifs is 1. The first-order valence-electron chi connectivity index (χ1n) is 17.9. The van der Waals surface area contributed by atoms with Gasteiger partial charge in [-0.15, -0.1) is 6.58 Å². The lowest BCUT2D eigenvalue weighted by atomic mass is 9.85. The first kappa shape index (κ1) is 38.6. The predicted octanol–water partition coefficient (Wildman–Crippen LogP) is 3.65. The number of pyridine rings is 1. The summed E-state index contributed by atoms with van der Waals surface area (Å²) in [7, 11) is -3.91. The van der Waals surface area contributed by atoms with Gasteiger partial charge in [-0.05, 0) is 63.0 Å². The molecule has 0 bridgehead atoms. The van der Waals surface area contributed by atoms with Crippen molar-refractivity contribution in [1.82, 2.24) is 35.2 Å². The Kier molecular flexibility index (Phi) is 10.2. The molecule has 0 unspecified atom stereocenters. The van der Waals surface area contributed by atoms with Crippen LogP contribution in [-0.2, 0) is 29.1 Å². The van der Waals surface area contributed by atoms with Gasteiger partial charge in [0.05, 0.1) is 23.7 Å². The summed E-state index contributed by atoms with van der Waals surface area (Å²) in [6, 6.07) is 7.02. The average Bonchev–Trinajstić information content (AvgIpc) is 4.03. The number of carbonyl (C=O) groups excluding carboxylic acids is 4. The molecule has 3 N–H and O–H groups in total. The molecule has 1 aromatic carbocycles. The van der Waals surface area contributed by atoms with Crippen molar-refractivity contribution in [3.8, 4) is 17.3 Å². The van der Waals surface area contributed by atoms with Crippen molar-refractivity contribution in [1.29, 1.82) is 0 Å². The van der Waals surface area contributed by atoms with Crippen LogP contribution in [0.4, 0.5) is 4.79 Å². The molecule has 4 amide bonds. The number of likely N-dealkylation sites (tertiary alicyclic amines) is 1. The first-order chi connectivity index (χ1) is 25.3. The van der Waals surface area contributed by atoms with Crippen LogP contribution in [0.2, 0.25) is 0 Å². The van der Waals surface area contributed by atoms with Crippen LogP contribution in [0.5, 0.6) is 5.88 Å². The molecule has 6 rings (SSSR count). The molecule has 0 spiro atoms. The van der Waals surface area contributed by atoms with Crippen molar-refractivity contribution in [3.05, 3.63) is 61.6 Å². The number of carbonyl (C=O) groups is 4. The van der Waals surface area contributed by atoms with Gasteiger partial charge in [0.25, 0.3) is 5.91 Å². The summed E-state index contributed by atoms with van der Waals surface area (Å²) in [4.78, 5) is 70.1. The van der Waals surface area contributed by atoms with Gasteiger partial charge >= 0.3 is 6.09 Å². The van der Waals surface area contributed by atoms with Gasteiger partial charge in [-0.3, -0.25) is 29.1 Å². The van der Waals surface area contributed by atoms with Gasteiger partial charge in [0.15, 0.2) is 0 Å². The summed E-state index contributed by atoms with van der Waals surface area (Å²) in [5, 5.41) is 6.35. The van der Waals surface area contributed by atoms with Crippen LogP contribution in [-0.4, -0.2) is 93.2 Å². The van der Waals surface area contributed by atoms with Crippen LogP contribution in [0.15, 0.2) is 61.6 Å². The Bertz CT molecular complexity index is 2080. The smallest absolute Gasteiger partial charge is 0.408 e. The van der Waals surface area contributed by atoms with Crippen molar-refractivity contribution in [3.63, 3.8) is 0 Å². The number of benzene rings is 1. The van der Waals surface area contributed by atoms with Gasteiger partial charge < -0.3 is 25.0 Å². The highest BCUT2D eigenvalue weighted by molar-refractivity contribution is 7.91. The number of aromatic nitrogens is 3. The Labute approximate surface area is 314 Å². The fraction of sp³-hybridized carbons (Fsp3) is 0.500. The van der Waals surface area contributed by atoms with E-state index in [9.17, 15) is 27.6 Å². The van der Waals surface area contributed by atoms with E-state index in [-0.39, 0.29) is 25.3 Å². The second kappa shape index (κ2) is 14.3. The molecule has 0 radical (unpaired) electrons. The fourth-order valence-electron chi connectivity index (χ4n) is 6.61. The Morgan fingerprint density at radius 1 is 1.06 bits per heavy atom. The normalized spacial score (nSPS) is 23.2. The third-order valence-corrected chi connectivity index (χ3v) is 11.5. The number of ether oxygens (including phenoxy) is 2. The van der Waals surface area contributed by atoms with Crippen LogP contribution in [0.3, 0.4) is 0 Å². The molecule has 3 aromatic rings. The van der Waals surface area contributed by atoms with Gasteiger partial charge in [-0.2, -0.15) is 0 Å². The summed E-state index contributed by atoms with van der Waals surface area (Å²) in [6.07, 6.45) is 5.63. The Hall–Kier alpha value is -5.12. The topological polar surface area (TPSA) is 199 Å². The number of hydrogen-bond acceptors (Lipinski definition) is 11. The molecule has 2 aliphatic carbocycles. The zero-order valence-electron chi connectivity index (χ0n) is 31.3. The minimum absolute atomic E-state index is 0.0108. The molecule has 5 atom stereocenters. The SMILES string of the molecule is C=C[C@@H]1C[C@]1(NC(=O)[C@@H]1C[C@@H](Oc2nc(-c3cnccn3)cc3ccccc23)CN1C(=O)[C@@H](NC(=O)OC(C)(C)C)C(C)(C)C)C(=O)NS(=O)(=O)C1CC1. The van der Waals surface area contributed by atoms with E-state index in [0.717, 1.165) is 5.39 Å². The van der Waals surface area contributed by atoms with Gasteiger partial charge in [0, 0.05) is 30.1 Å². The van der Waals surface area contributed by atoms with Crippen LogP contribution < -0.4 is 20.1 Å². The monoisotopic (exact) mass is 761 g/mol. The molecular weight excluding hydrogens is 715 g/mol. The molecular formula is C38H47N7O8S. The zero-order valence-corrected chi connectivity index (χ0v) is 32.1. The van der Waals surface area contributed by atoms with Crippen molar-refractivity contribution in [2.24, 2.45) is 11.3 Å². The molecule has 1 aliphatic heterocycles. The predicted molar refractivity (Wildman–Crippen MR) is 199 cm³/mol. The van der Waals surface area contributed by atoms with Crippen molar-refractivity contribution in [2.45, 2.75) is 102 Å². The van der Waals surface area contributed by atoms with Gasteiger partial charge in [-0.1, -0.05) is 45.0 Å². The summed E-state index contributed by atoms with van der Waals surface area (Å²) >= 11 is 0. The van der Waals surface area contributed by atoms with Crippen LogP contribution in [0.1, 0.15) is 67.2 Å². The van der Waals surface area contributed by atoms with E-state index >= 15 is 0 Å². The molecule has 3 fully saturated rings. The summed E-state index contributed by atoms with van der Waals surface area (Å²) in [5.74, 6) is -2.40. The van der Waals surface area contributed by atoms with E-state index < -0.39 is 79.7 Å². The Balaban J connectivity index is 1.33. The number of alkyl carbamates (subject to hydrolysis) is 1. The van der Waals surface area contributed by atoms with E-state index in [1.807, 2.05) is 30.3 Å². The maximum Gasteiger partial charge on any atom is 0.408 e. The number of hydrogen-bond donors (Lipinski definition) is 3.